The van der Waals surface area contributed by atoms with Crippen molar-refractivity contribution in [3.05, 3.63) is 0 Å². The molecule has 114 valence electrons. The lowest BCUT2D eigenvalue weighted by Crippen LogP contribution is -2.42. The minimum atomic E-state index is -0.0109. The second kappa shape index (κ2) is 12.4. The minimum absolute atomic E-state index is 0.0109. The van der Waals surface area contributed by atoms with E-state index in [1.165, 1.54) is 0 Å². The number of hydrogen-bond acceptors (Lipinski definition) is 4. The third kappa shape index (κ3) is 8.97. The third-order valence-electron chi connectivity index (χ3n) is 2.85. The van der Waals surface area contributed by atoms with Gasteiger partial charge in [-0.05, 0) is 20.4 Å². The normalized spacial score (nSPS) is 12.4. The number of carbonyl (C=O) groups excluding carboxylic acids is 1. The fourth-order valence-corrected chi connectivity index (χ4v) is 1.73. The number of nitrogens with zero attached hydrogens (tertiary/aromatic N) is 1. The van der Waals surface area contributed by atoms with Gasteiger partial charge in [0.1, 0.15) is 0 Å². The second-order valence-corrected chi connectivity index (χ2v) is 4.43. The van der Waals surface area contributed by atoms with Gasteiger partial charge in [0.25, 0.3) is 0 Å². The van der Waals surface area contributed by atoms with Crippen LogP contribution in [0.3, 0.4) is 0 Å². The summed E-state index contributed by atoms with van der Waals surface area (Å²) in [5.74, 6) is 0.156. The van der Waals surface area contributed by atoms with E-state index in [0.717, 1.165) is 13.1 Å². The molecule has 19 heavy (non-hydrogen) atoms. The molecule has 0 rings (SSSR count). The van der Waals surface area contributed by atoms with E-state index in [2.05, 4.69) is 5.32 Å². The molecule has 0 aromatic heterocycles. The van der Waals surface area contributed by atoms with Gasteiger partial charge in [-0.1, -0.05) is 13.8 Å². The summed E-state index contributed by atoms with van der Waals surface area (Å²) in [4.78, 5) is 14.2. The van der Waals surface area contributed by atoms with Crippen LogP contribution >= 0.6 is 0 Å². The zero-order valence-corrected chi connectivity index (χ0v) is 12.9. The quantitative estimate of drug-likeness (QED) is 0.542. The van der Waals surface area contributed by atoms with E-state index >= 15 is 0 Å². The van der Waals surface area contributed by atoms with Gasteiger partial charge in [0.15, 0.2) is 0 Å². The Morgan fingerprint density at radius 2 is 1.63 bits per heavy atom. The van der Waals surface area contributed by atoms with Crippen LogP contribution in [0.25, 0.3) is 0 Å². The Morgan fingerprint density at radius 3 is 2.05 bits per heavy atom. The predicted octanol–water partition coefficient (Wildman–Crippen LogP) is 1.13. The molecule has 1 N–H and O–H groups in total. The summed E-state index contributed by atoms with van der Waals surface area (Å²) in [6, 6.07) is 0. The molecule has 0 heterocycles. The minimum Gasteiger partial charge on any atom is -0.380 e. The van der Waals surface area contributed by atoms with Gasteiger partial charge >= 0.3 is 0 Å². The summed E-state index contributed by atoms with van der Waals surface area (Å²) in [6.45, 7) is 13.3. The number of carbonyl (C=O) groups is 1. The number of amides is 1. The largest absolute Gasteiger partial charge is 0.380 e. The third-order valence-corrected chi connectivity index (χ3v) is 2.85. The standard InChI is InChI=1S/C14H30N2O3/c1-5-15-12-13(4)14(17)16(8-10-18-6-2)9-11-19-7-3/h13,15H,5-12H2,1-4H3. The molecule has 0 saturated carbocycles. The zero-order valence-electron chi connectivity index (χ0n) is 12.9. The zero-order chi connectivity index (χ0) is 14.5. The van der Waals surface area contributed by atoms with Crippen LogP contribution in [0.2, 0.25) is 0 Å². The highest BCUT2D eigenvalue weighted by atomic mass is 16.5. The molecule has 0 bridgehead atoms. The fourth-order valence-electron chi connectivity index (χ4n) is 1.73. The van der Waals surface area contributed by atoms with Gasteiger partial charge in [-0.25, -0.2) is 0 Å². The van der Waals surface area contributed by atoms with Crippen LogP contribution in [0.15, 0.2) is 0 Å². The first-order chi connectivity index (χ1) is 9.17. The Hall–Kier alpha value is -0.650. The second-order valence-electron chi connectivity index (χ2n) is 4.43. The number of nitrogens with one attached hydrogen (secondary N) is 1. The van der Waals surface area contributed by atoms with Crippen molar-refractivity contribution >= 4 is 5.91 Å². The lowest BCUT2D eigenvalue weighted by molar-refractivity contribution is -0.136. The summed E-state index contributed by atoms with van der Waals surface area (Å²) in [5.41, 5.74) is 0. The van der Waals surface area contributed by atoms with Crippen molar-refractivity contribution in [1.82, 2.24) is 10.2 Å². The van der Waals surface area contributed by atoms with E-state index in [9.17, 15) is 4.79 Å². The molecule has 0 spiro atoms. The Bertz CT molecular complexity index is 215. The van der Waals surface area contributed by atoms with Crippen molar-refractivity contribution in [3.63, 3.8) is 0 Å². The van der Waals surface area contributed by atoms with E-state index < -0.39 is 0 Å². The van der Waals surface area contributed by atoms with Gasteiger partial charge in [0.05, 0.1) is 13.2 Å². The summed E-state index contributed by atoms with van der Waals surface area (Å²) >= 11 is 0. The highest BCUT2D eigenvalue weighted by molar-refractivity contribution is 5.78. The Morgan fingerprint density at radius 1 is 1.11 bits per heavy atom. The van der Waals surface area contributed by atoms with Crippen molar-refractivity contribution < 1.29 is 14.3 Å². The van der Waals surface area contributed by atoms with Crippen LogP contribution in [0.5, 0.6) is 0 Å². The molecule has 0 aromatic rings. The number of ether oxygens (including phenoxy) is 2. The molecule has 0 aromatic carbocycles. The average molecular weight is 274 g/mol. The van der Waals surface area contributed by atoms with Crippen molar-refractivity contribution in [2.75, 3.05) is 52.6 Å². The van der Waals surface area contributed by atoms with Gasteiger partial charge in [0.2, 0.25) is 5.91 Å². The highest BCUT2D eigenvalue weighted by Gasteiger charge is 2.19. The van der Waals surface area contributed by atoms with Crippen molar-refractivity contribution in [3.8, 4) is 0 Å². The first-order valence-corrected chi connectivity index (χ1v) is 7.32. The maximum atomic E-state index is 12.3. The van der Waals surface area contributed by atoms with Gasteiger partial charge in [0, 0.05) is 38.8 Å². The Labute approximate surface area is 117 Å². The molecule has 0 radical (unpaired) electrons. The SMILES string of the molecule is CCNCC(C)C(=O)N(CCOCC)CCOCC. The first-order valence-electron chi connectivity index (χ1n) is 7.32. The average Bonchev–Trinajstić information content (AvgIpc) is 2.42. The van der Waals surface area contributed by atoms with E-state index in [1.807, 2.05) is 32.6 Å². The van der Waals surface area contributed by atoms with Gasteiger partial charge in [-0.2, -0.15) is 0 Å². The molecule has 0 aliphatic heterocycles. The summed E-state index contributed by atoms with van der Waals surface area (Å²) in [7, 11) is 0. The van der Waals surface area contributed by atoms with E-state index in [0.29, 0.717) is 39.5 Å². The molecule has 0 saturated heterocycles. The van der Waals surface area contributed by atoms with Crippen LogP contribution in [0.1, 0.15) is 27.7 Å². The van der Waals surface area contributed by atoms with E-state index in [1.54, 1.807) is 0 Å². The van der Waals surface area contributed by atoms with Crippen LogP contribution in [-0.4, -0.2) is 63.4 Å². The van der Waals surface area contributed by atoms with Crippen LogP contribution in [-0.2, 0) is 14.3 Å². The lowest BCUT2D eigenvalue weighted by Gasteiger charge is -2.25. The number of rotatable bonds is 12. The van der Waals surface area contributed by atoms with E-state index in [-0.39, 0.29) is 11.8 Å². The van der Waals surface area contributed by atoms with Gasteiger partial charge in [-0.15, -0.1) is 0 Å². The molecule has 5 nitrogen and oxygen atoms in total. The van der Waals surface area contributed by atoms with Crippen molar-refractivity contribution in [2.45, 2.75) is 27.7 Å². The molecule has 0 aliphatic rings. The van der Waals surface area contributed by atoms with Gasteiger partial charge < -0.3 is 19.7 Å². The van der Waals surface area contributed by atoms with Gasteiger partial charge in [-0.3, -0.25) is 4.79 Å². The van der Waals surface area contributed by atoms with Crippen LogP contribution in [0.4, 0.5) is 0 Å². The molecule has 1 atom stereocenters. The topological polar surface area (TPSA) is 50.8 Å². The molecule has 1 unspecified atom stereocenters. The Kier molecular flexibility index (Phi) is 12.0. The van der Waals surface area contributed by atoms with Crippen LogP contribution in [0, 0.1) is 5.92 Å². The van der Waals surface area contributed by atoms with Crippen molar-refractivity contribution in [2.24, 2.45) is 5.92 Å². The molecule has 0 aliphatic carbocycles. The summed E-state index contributed by atoms with van der Waals surface area (Å²) < 4.78 is 10.7. The monoisotopic (exact) mass is 274 g/mol. The summed E-state index contributed by atoms with van der Waals surface area (Å²) in [5, 5.41) is 3.21. The molecule has 5 heteroatoms. The molecule has 1 amide bonds. The Balaban J connectivity index is 4.21. The maximum absolute atomic E-state index is 12.3. The molecular weight excluding hydrogens is 244 g/mol. The van der Waals surface area contributed by atoms with Crippen molar-refractivity contribution in [1.29, 1.82) is 0 Å². The predicted molar refractivity (Wildman–Crippen MR) is 77.3 cm³/mol. The smallest absolute Gasteiger partial charge is 0.226 e. The molecule has 0 fully saturated rings. The number of hydrogen-bond donors (Lipinski definition) is 1. The summed E-state index contributed by atoms with van der Waals surface area (Å²) in [6.07, 6.45) is 0. The first kappa shape index (κ1) is 18.4. The maximum Gasteiger partial charge on any atom is 0.226 e. The lowest BCUT2D eigenvalue weighted by atomic mass is 10.1. The van der Waals surface area contributed by atoms with Crippen LogP contribution < -0.4 is 5.32 Å². The highest BCUT2D eigenvalue weighted by Crippen LogP contribution is 2.02. The van der Waals surface area contributed by atoms with E-state index in [4.69, 9.17) is 9.47 Å². The molecular formula is C14H30N2O3. The fraction of sp³-hybridized carbons (Fsp3) is 0.929.